The molecule has 7 heteroatoms. The summed E-state index contributed by atoms with van der Waals surface area (Å²) in [6.07, 6.45) is 7.37. The molecule has 0 aliphatic rings. The molecule has 3 N–H and O–H groups in total. The molecule has 4 aromatic rings. The molecule has 0 saturated carbocycles. The topological polar surface area (TPSA) is 94.5 Å². The Balaban J connectivity index is 1.47. The minimum absolute atomic E-state index is 0.392. The van der Waals surface area contributed by atoms with Crippen molar-refractivity contribution in [2.45, 2.75) is 25.9 Å². The van der Waals surface area contributed by atoms with E-state index in [1.54, 1.807) is 6.33 Å². The van der Waals surface area contributed by atoms with Gasteiger partial charge in [-0.3, -0.25) is 4.98 Å². The van der Waals surface area contributed by atoms with Crippen molar-refractivity contribution >= 4 is 22.9 Å². The van der Waals surface area contributed by atoms with Gasteiger partial charge in [-0.25, -0.2) is 4.98 Å². The fourth-order valence-electron chi connectivity index (χ4n) is 2.99. The summed E-state index contributed by atoms with van der Waals surface area (Å²) in [7, 11) is 0. The highest BCUT2D eigenvalue weighted by atomic mass is 15.2. The highest BCUT2D eigenvalue weighted by molar-refractivity contribution is 5.82. The van der Waals surface area contributed by atoms with Crippen LogP contribution < -0.4 is 11.1 Å². The van der Waals surface area contributed by atoms with E-state index in [1.165, 1.54) is 5.56 Å². The van der Waals surface area contributed by atoms with Gasteiger partial charge in [0.05, 0.1) is 6.33 Å². The zero-order valence-corrected chi connectivity index (χ0v) is 14.9. The van der Waals surface area contributed by atoms with Crippen LogP contribution in [0.25, 0.3) is 11.2 Å². The molecule has 0 saturated heterocycles. The smallest absolute Gasteiger partial charge is 0.227 e. The molecule has 27 heavy (non-hydrogen) atoms. The fraction of sp³-hybridized carbons (Fsp3) is 0.200. The van der Waals surface area contributed by atoms with Crippen LogP contribution in [-0.4, -0.2) is 24.5 Å². The van der Waals surface area contributed by atoms with E-state index in [0.29, 0.717) is 23.8 Å². The molecule has 7 nitrogen and oxygen atoms in total. The van der Waals surface area contributed by atoms with Crippen LogP contribution in [0.1, 0.15) is 17.5 Å². The molecule has 3 aromatic heterocycles. The summed E-state index contributed by atoms with van der Waals surface area (Å²) in [5.74, 6) is 0.906. The molecule has 4 rings (SSSR count). The number of pyridine rings is 1. The molecule has 0 amide bonds. The SMILES string of the molecule is Nc1nc(NCc2ccccc2)nc2c1ncn2CCCc1ccncc1. The third kappa shape index (κ3) is 4.03. The van der Waals surface area contributed by atoms with Gasteiger partial charge in [0.2, 0.25) is 5.95 Å². The predicted molar refractivity (Wildman–Crippen MR) is 106 cm³/mol. The van der Waals surface area contributed by atoms with Crippen molar-refractivity contribution in [3.8, 4) is 0 Å². The van der Waals surface area contributed by atoms with Gasteiger partial charge >= 0.3 is 0 Å². The highest BCUT2D eigenvalue weighted by Gasteiger charge is 2.11. The second-order valence-electron chi connectivity index (χ2n) is 6.34. The van der Waals surface area contributed by atoms with Crippen molar-refractivity contribution in [2.75, 3.05) is 11.1 Å². The predicted octanol–water partition coefficient (Wildman–Crippen LogP) is 3.05. The van der Waals surface area contributed by atoms with Gasteiger partial charge in [0.1, 0.15) is 5.52 Å². The number of hydrogen-bond acceptors (Lipinski definition) is 6. The molecule has 136 valence electrons. The van der Waals surface area contributed by atoms with Gasteiger partial charge in [-0.15, -0.1) is 0 Å². The summed E-state index contributed by atoms with van der Waals surface area (Å²) >= 11 is 0. The summed E-state index contributed by atoms with van der Waals surface area (Å²) in [6.45, 7) is 1.45. The van der Waals surface area contributed by atoms with Crippen LogP contribution >= 0.6 is 0 Å². The number of nitrogens with one attached hydrogen (secondary N) is 1. The first-order valence-corrected chi connectivity index (χ1v) is 8.94. The van der Waals surface area contributed by atoms with Crippen LogP contribution in [0, 0.1) is 0 Å². The van der Waals surface area contributed by atoms with Crippen molar-refractivity contribution in [1.82, 2.24) is 24.5 Å². The standard InChI is InChI=1S/C20H21N7/c21-18-17-19(26-20(25-18)23-13-16-5-2-1-3-6-16)27(14-24-17)12-4-7-15-8-10-22-11-9-15/h1-3,5-6,8-11,14H,4,7,12-13H2,(H3,21,23,25,26). The van der Waals surface area contributed by atoms with E-state index in [9.17, 15) is 0 Å². The number of anilines is 2. The van der Waals surface area contributed by atoms with Crippen LogP contribution in [0.4, 0.5) is 11.8 Å². The van der Waals surface area contributed by atoms with Gasteiger partial charge in [-0.2, -0.15) is 9.97 Å². The molecule has 0 atom stereocenters. The molecule has 0 aliphatic heterocycles. The molecule has 0 aliphatic carbocycles. The molecule has 0 radical (unpaired) electrons. The van der Waals surface area contributed by atoms with Crippen LogP contribution in [0.15, 0.2) is 61.2 Å². The van der Waals surface area contributed by atoms with E-state index in [4.69, 9.17) is 5.73 Å². The number of nitrogens with two attached hydrogens (primary N) is 1. The number of hydrogen-bond donors (Lipinski definition) is 2. The average Bonchev–Trinajstić information content (AvgIpc) is 3.12. The lowest BCUT2D eigenvalue weighted by atomic mass is 10.1. The number of benzene rings is 1. The zero-order chi connectivity index (χ0) is 18.5. The molecule has 0 fully saturated rings. The molecule has 3 heterocycles. The number of imidazole rings is 1. The van der Waals surface area contributed by atoms with E-state index in [0.717, 1.165) is 30.6 Å². The minimum atomic E-state index is 0.392. The van der Waals surface area contributed by atoms with Gasteiger partial charge in [0.15, 0.2) is 11.5 Å². The summed E-state index contributed by atoms with van der Waals surface area (Å²) in [5.41, 5.74) is 9.92. The Morgan fingerprint density at radius 3 is 2.59 bits per heavy atom. The van der Waals surface area contributed by atoms with Gasteiger partial charge in [-0.05, 0) is 36.1 Å². The Hall–Kier alpha value is -3.48. The Morgan fingerprint density at radius 2 is 1.78 bits per heavy atom. The van der Waals surface area contributed by atoms with E-state index >= 15 is 0 Å². The van der Waals surface area contributed by atoms with Crippen molar-refractivity contribution < 1.29 is 0 Å². The Kier molecular flexibility index (Phi) is 4.91. The van der Waals surface area contributed by atoms with E-state index < -0.39 is 0 Å². The van der Waals surface area contributed by atoms with E-state index in [2.05, 4.69) is 37.4 Å². The first-order chi connectivity index (χ1) is 13.3. The first-order valence-electron chi connectivity index (χ1n) is 8.94. The summed E-state index contributed by atoms with van der Waals surface area (Å²) in [6, 6.07) is 14.2. The third-order valence-corrected chi connectivity index (χ3v) is 4.40. The van der Waals surface area contributed by atoms with Crippen LogP contribution in [0.5, 0.6) is 0 Å². The van der Waals surface area contributed by atoms with Crippen LogP contribution in [0.3, 0.4) is 0 Å². The van der Waals surface area contributed by atoms with Crippen molar-refractivity contribution in [2.24, 2.45) is 0 Å². The number of nitrogen functional groups attached to an aromatic ring is 1. The molecular formula is C20H21N7. The second kappa shape index (κ2) is 7.82. The Morgan fingerprint density at radius 1 is 0.963 bits per heavy atom. The molecule has 0 spiro atoms. The Labute approximate surface area is 157 Å². The normalized spacial score (nSPS) is 11.0. The average molecular weight is 359 g/mol. The van der Waals surface area contributed by atoms with Crippen molar-refractivity contribution in [1.29, 1.82) is 0 Å². The quantitative estimate of drug-likeness (QED) is 0.527. The number of nitrogens with zero attached hydrogens (tertiary/aromatic N) is 5. The van der Waals surface area contributed by atoms with Crippen LogP contribution in [0.2, 0.25) is 0 Å². The Bertz CT molecular complexity index is 1010. The van der Waals surface area contributed by atoms with Crippen molar-refractivity contribution in [3.05, 3.63) is 72.3 Å². The highest BCUT2D eigenvalue weighted by Crippen LogP contribution is 2.19. The maximum Gasteiger partial charge on any atom is 0.227 e. The maximum atomic E-state index is 6.09. The monoisotopic (exact) mass is 359 g/mol. The number of aryl methyl sites for hydroxylation is 2. The molecule has 0 bridgehead atoms. The van der Waals surface area contributed by atoms with Gasteiger partial charge < -0.3 is 15.6 Å². The molecule has 1 aromatic carbocycles. The summed E-state index contributed by atoms with van der Waals surface area (Å²) in [4.78, 5) is 17.4. The summed E-state index contributed by atoms with van der Waals surface area (Å²) in [5, 5.41) is 3.24. The lowest BCUT2D eigenvalue weighted by molar-refractivity contribution is 0.652. The minimum Gasteiger partial charge on any atom is -0.382 e. The molecular weight excluding hydrogens is 338 g/mol. The zero-order valence-electron chi connectivity index (χ0n) is 14.9. The lowest BCUT2D eigenvalue weighted by Crippen LogP contribution is -2.07. The first kappa shape index (κ1) is 17.0. The summed E-state index contributed by atoms with van der Waals surface area (Å²) < 4.78 is 2.03. The van der Waals surface area contributed by atoms with Gasteiger partial charge in [0.25, 0.3) is 0 Å². The number of aromatic nitrogens is 5. The van der Waals surface area contributed by atoms with E-state index in [1.807, 2.05) is 47.3 Å². The fourth-order valence-corrected chi connectivity index (χ4v) is 2.99. The maximum absolute atomic E-state index is 6.09. The van der Waals surface area contributed by atoms with Gasteiger partial charge in [0, 0.05) is 25.5 Å². The number of fused-ring (bicyclic) bond motifs is 1. The largest absolute Gasteiger partial charge is 0.382 e. The second-order valence-corrected chi connectivity index (χ2v) is 6.34. The van der Waals surface area contributed by atoms with E-state index in [-0.39, 0.29) is 0 Å². The number of rotatable bonds is 7. The van der Waals surface area contributed by atoms with Crippen molar-refractivity contribution in [3.63, 3.8) is 0 Å². The third-order valence-electron chi connectivity index (χ3n) is 4.40. The van der Waals surface area contributed by atoms with Crippen LogP contribution in [-0.2, 0) is 19.5 Å². The lowest BCUT2D eigenvalue weighted by Gasteiger charge is -2.08. The van der Waals surface area contributed by atoms with Gasteiger partial charge in [-0.1, -0.05) is 30.3 Å². The molecule has 0 unspecified atom stereocenters.